The van der Waals surface area contributed by atoms with Gasteiger partial charge in [0.25, 0.3) is 0 Å². The van der Waals surface area contributed by atoms with Gasteiger partial charge in [0.2, 0.25) is 5.89 Å². The van der Waals surface area contributed by atoms with Crippen LogP contribution < -0.4 is 10.6 Å². The van der Waals surface area contributed by atoms with E-state index in [1.165, 1.54) is 38.5 Å². The number of hydrogen-bond donors (Lipinski definition) is 2. The van der Waals surface area contributed by atoms with Gasteiger partial charge in [0.1, 0.15) is 5.76 Å². The second-order valence-electron chi connectivity index (χ2n) is 6.79. The van der Waals surface area contributed by atoms with E-state index in [1.807, 2.05) is 13.8 Å². The Morgan fingerprint density at radius 1 is 1.16 bits per heavy atom. The summed E-state index contributed by atoms with van der Waals surface area (Å²) >= 11 is 0. The van der Waals surface area contributed by atoms with E-state index in [2.05, 4.69) is 20.6 Å². The lowest BCUT2D eigenvalue weighted by Crippen LogP contribution is -2.37. The van der Waals surface area contributed by atoms with Gasteiger partial charge in [-0.15, -0.1) is 0 Å². The highest BCUT2D eigenvalue weighted by atomic mass is 16.5. The Labute approximate surface area is 151 Å². The summed E-state index contributed by atoms with van der Waals surface area (Å²) in [5.41, 5.74) is 0.940. The standard InChI is InChI=1S/C19H34N4O2/c1-15-16(2)25-18(23-15)14-22-19(20-3)21-12-8-5-9-13-24-17-10-6-4-7-11-17/h17H,4-14H2,1-3H3,(H2,20,21,22). The molecule has 6 heteroatoms. The number of nitrogens with zero attached hydrogens (tertiary/aromatic N) is 2. The normalized spacial score (nSPS) is 16.2. The van der Waals surface area contributed by atoms with Gasteiger partial charge in [-0.05, 0) is 46.0 Å². The lowest BCUT2D eigenvalue weighted by molar-refractivity contribution is 0.0264. The van der Waals surface area contributed by atoms with Crippen molar-refractivity contribution in [3.05, 3.63) is 17.3 Å². The molecule has 1 aliphatic carbocycles. The maximum absolute atomic E-state index is 5.96. The van der Waals surface area contributed by atoms with Crippen LogP contribution in [0.25, 0.3) is 0 Å². The van der Waals surface area contributed by atoms with E-state index < -0.39 is 0 Å². The minimum Gasteiger partial charge on any atom is -0.444 e. The first-order valence-electron chi connectivity index (χ1n) is 9.68. The smallest absolute Gasteiger partial charge is 0.214 e. The van der Waals surface area contributed by atoms with Crippen molar-refractivity contribution < 1.29 is 9.15 Å². The average Bonchev–Trinajstić information content (AvgIpc) is 2.95. The van der Waals surface area contributed by atoms with Crippen LogP contribution in [0.15, 0.2) is 9.41 Å². The molecule has 0 aromatic carbocycles. The third kappa shape index (κ3) is 7.46. The van der Waals surface area contributed by atoms with Gasteiger partial charge in [-0.2, -0.15) is 0 Å². The van der Waals surface area contributed by atoms with Crippen molar-refractivity contribution in [3.8, 4) is 0 Å². The maximum Gasteiger partial charge on any atom is 0.214 e. The number of oxazole rings is 1. The number of aromatic nitrogens is 1. The number of guanidine groups is 1. The van der Waals surface area contributed by atoms with Gasteiger partial charge < -0.3 is 19.8 Å². The molecule has 0 bridgehead atoms. The molecule has 2 rings (SSSR count). The number of hydrogen-bond acceptors (Lipinski definition) is 4. The summed E-state index contributed by atoms with van der Waals surface area (Å²) < 4.78 is 11.5. The summed E-state index contributed by atoms with van der Waals surface area (Å²) in [5, 5.41) is 6.56. The molecule has 1 saturated carbocycles. The van der Waals surface area contributed by atoms with Gasteiger partial charge in [-0.25, -0.2) is 4.98 Å². The maximum atomic E-state index is 5.96. The number of aryl methyl sites for hydroxylation is 2. The second-order valence-corrected chi connectivity index (χ2v) is 6.79. The highest BCUT2D eigenvalue weighted by Crippen LogP contribution is 2.20. The van der Waals surface area contributed by atoms with Gasteiger partial charge in [-0.3, -0.25) is 4.99 Å². The van der Waals surface area contributed by atoms with Crippen molar-refractivity contribution >= 4 is 5.96 Å². The third-order valence-electron chi connectivity index (χ3n) is 4.72. The molecule has 0 amide bonds. The topological polar surface area (TPSA) is 71.7 Å². The first kappa shape index (κ1) is 19.8. The van der Waals surface area contributed by atoms with Crippen LogP contribution in [0.1, 0.15) is 68.7 Å². The lowest BCUT2D eigenvalue weighted by Gasteiger charge is -2.21. The minimum atomic E-state index is 0.525. The van der Waals surface area contributed by atoms with Crippen molar-refractivity contribution in [2.45, 2.75) is 77.9 Å². The zero-order valence-electron chi connectivity index (χ0n) is 16.1. The molecule has 25 heavy (non-hydrogen) atoms. The van der Waals surface area contributed by atoms with Gasteiger partial charge in [0.05, 0.1) is 18.3 Å². The SMILES string of the molecule is CN=C(NCCCCCOC1CCCCC1)NCc1nc(C)c(C)o1. The van der Waals surface area contributed by atoms with E-state index in [4.69, 9.17) is 9.15 Å². The molecule has 0 spiro atoms. The van der Waals surface area contributed by atoms with E-state index in [0.29, 0.717) is 18.5 Å². The summed E-state index contributed by atoms with van der Waals surface area (Å²) in [6.45, 7) is 6.24. The first-order valence-corrected chi connectivity index (χ1v) is 9.68. The average molecular weight is 351 g/mol. The highest BCUT2D eigenvalue weighted by Gasteiger charge is 2.12. The van der Waals surface area contributed by atoms with E-state index >= 15 is 0 Å². The summed E-state index contributed by atoms with van der Waals surface area (Å²) in [4.78, 5) is 8.59. The van der Waals surface area contributed by atoms with Crippen molar-refractivity contribution in [3.63, 3.8) is 0 Å². The lowest BCUT2D eigenvalue weighted by atomic mass is 9.98. The molecule has 6 nitrogen and oxygen atoms in total. The first-order chi connectivity index (χ1) is 12.2. The highest BCUT2D eigenvalue weighted by molar-refractivity contribution is 5.79. The fourth-order valence-electron chi connectivity index (χ4n) is 3.09. The zero-order valence-corrected chi connectivity index (χ0v) is 16.1. The van der Waals surface area contributed by atoms with Crippen LogP contribution in [0.4, 0.5) is 0 Å². The molecule has 1 fully saturated rings. The van der Waals surface area contributed by atoms with Crippen molar-refractivity contribution in [1.29, 1.82) is 0 Å². The Hall–Kier alpha value is -1.56. The predicted molar refractivity (Wildman–Crippen MR) is 101 cm³/mol. The molecule has 0 aliphatic heterocycles. The molecule has 1 aromatic rings. The number of unbranched alkanes of at least 4 members (excludes halogenated alkanes) is 2. The minimum absolute atomic E-state index is 0.525. The van der Waals surface area contributed by atoms with Crippen LogP contribution in [-0.2, 0) is 11.3 Å². The molecular formula is C19H34N4O2. The van der Waals surface area contributed by atoms with Gasteiger partial charge in [0.15, 0.2) is 5.96 Å². The Bertz CT molecular complexity index is 502. The molecule has 2 N–H and O–H groups in total. The Kier molecular flexibility index (Phi) is 8.80. The summed E-state index contributed by atoms with van der Waals surface area (Å²) in [7, 11) is 1.78. The number of nitrogens with one attached hydrogen (secondary N) is 2. The van der Waals surface area contributed by atoms with E-state index in [0.717, 1.165) is 43.4 Å². The van der Waals surface area contributed by atoms with Crippen molar-refractivity contribution in [2.24, 2.45) is 4.99 Å². The monoisotopic (exact) mass is 350 g/mol. The second kappa shape index (κ2) is 11.1. The van der Waals surface area contributed by atoms with Crippen LogP contribution in [0.3, 0.4) is 0 Å². The summed E-state index contributed by atoms with van der Waals surface area (Å²) in [5.74, 6) is 2.35. The zero-order chi connectivity index (χ0) is 17.9. The summed E-state index contributed by atoms with van der Waals surface area (Å²) in [6, 6.07) is 0. The van der Waals surface area contributed by atoms with Crippen molar-refractivity contribution in [1.82, 2.24) is 15.6 Å². The number of rotatable bonds is 9. The predicted octanol–water partition coefficient (Wildman–Crippen LogP) is 3.48. The van der Waals surface area contributed by atoms with Crippen LogP contribution in [0, 0.1) is 13.8 Å². The fourth-order valence-corrected chi connectivity index (χ4v) is 3.09. The van der Waals surface area contributed by atoms with E-state index in [-0.39, 0.29) is 0 Å². The number of ether oxygens (including phenoxy) is 1. The Balaban J connectivity index is 1.49. The molecule has 0 atom stereocenters. The summed E-state index contributed by atoms with van der Waals surface area (Å²) in [6.07, 6.45) is 10.5. The molecule has 1 aromatic heterocycles. The number of aliphatic imine (C=N–C) groups is 1. The molecule has 0 unspecified atom stereocenters. The Morgan fingerprint density at radius 2 is 1.96 bits per heavy atom. The molecular weight excluding hydrogens is 316 g/mol. The Morgan fingerprint density at radius 3 is 2.64 bits per heavy atom. The molecule has 0 saturated heterocycles. The van der Waals surface area contributed by atoms with Crippen LogP contribution in [0.2, 0.25) is 0 Å². The molecule has 142 valence electrons. The van der Waals surface area contributed by atoms with Crippen LogP contribution >= 0.6 is 0 Å². The largest absolute Gasteiger partial charge is 0.444 e. The van der Waals surface area contributed by atoms with Crippen molar-refractivity contribution in [2.75, 3.05) is 20.2 Å². The van der Waals surface area contributed by atoms with Crippen LogP contribution in [-0.4, -0.2) is 37.2 Å². The van der Waals surface area contributed by atoms with Crippen LogP contribution in [0.5, 0.6) is 0 Å². The molecule has 0 radical (unpaired) electrons. The third-order valence-corrected chi connectivity index (χ3v) is 4.72. The van der Waals surface area contributed by atoms with E-state index in [1.54, 1.807) is 7.05 Å². The molecule has 1 aliphatic rings. The molecule has 1 heterocycles. The van der Waals surface area contributed by atoms with Gasteiger partial charge in [-0.1, -0.05) is 19.3 Å². The van der Waals surface area contributed by atoms with Gasteiger partial charge >= 0.3 is 0 Å². The van der Waals surface area contributed by atoms with E-state index in [9.17, 15) is 0 Å². The quantitative estimate of drug-likeness (QED) is 0.405. The fraction of sp³-hybridized carbons (Fsp3) is 0.789. The van der Waals surface area contributed by atoms with Gasteiger partial charge in [0, 0.05) is 20.2 Å².